The molecule has 5 nitrogen and oxygen atoms in total. The molecular weight excluding hydrogens is 328 g/mol. The molecule has 0 spiro atoms. The summed E-state index contributed by atoms with van der Waals surface area (Å²) in [6, 6.07) is 14.4. The summed E-state index contributed by atoms with van der Waals surface area (Å²) in [5.74, 6) is 0.374. The smallest absolute Gasteiger partial charge is 0.239 e. The van der Waals surface area contributed by atoms with Crippen molar-refractivity contribution < 1.29 is 14.3 Å². The minimum atomic E-state index is -0.679. The first-order valence-electron chi connectivity index (χ1n) is 7.58. The van der Waals surface area contributed by atoms with Crippen LogP contribution < -0.4 is 15.8 Å². The second-order valence-electron chi connectivity index (χ2n) is 5.27. The minimum absolute atomic E-state index is 0.184. The molecular formula is C18H21ClN2O3. The summed E-state index contributed by atoms with van der Waals surface area (Å²) in [6.45, 7) is 0.918. The third kappa shape index (κ3) is 5.23. The van der Waals surface area contributed by atoms with Crippen molar-refractivity contribution in [1.29, 1.82) is 0 Å². The fourth-order valence-electron chi connectivity index (χ4n) is 2.16. The number of methoxy groups -OCH3 is 1. The lowest BCUT2D eigenvalue weighted by molar-refractivity contribution is -0.123. The van der Waals surface area contributed by atoms with Gasteiger partial charge in [-0.2, -0.15) is 0 Å². The zero-order chi connectivity index (χ0) is 17.4. The van der Waals surface area contributed by atoms with Gasteiger partial charge >= 0.3 is 0 Å². The normalized spacial score (nSPS) is 11.8. The molecule has 6 heteroatoms. The second kappa shape index (κ2) is 9.27. The van der Waals surface area contributed by atoms with Gasteiger partial charge in [0.05, 0.1) is 11.6 Å². The Hall–Kier alpha value is -2.08. The van der Waals surface area contributed by atoms with Gasteiger partial charge in [0.25, 0.3) is 0 Å². The van der Waals surface area contributed by atoms with Crippen LogP contribution in [0.3, 0.4) is 0 Å². The fraction of sp³-hybridized carbons (Fsp3) is 0.278. The van der Waals surface area contributed by atoms with Crippen molar-refractivity contribution >= 4 is 17.5 Å². The van der Waals surface area contributed by atoms with E-state index in [1.807, 2.05) is 42.5 Å². The Labute approximate surface area is 146 Å². The highest BCUT2D eigenvalue weighted by Crippen LogP contribution is 2.24. The molecule has 2 aromatic rings. The zero-order valence-corrected chi connectivity index (χ0v) is 14.3. The van der Waals surface area contributed by atoms with E-state index in [9.17, 15) is 4.79 Å². The van der Waals surface area contributed by atoms with Crippen molar-refractivity contribution in [2.24, 2.45) is 5.73 Å². The highest BCUT2D eigenvalue weighted by atomic mass is 35.5. The van der Waals surface area contributed by atoms with E-state index in [-0.39, 0.29) is 12.5 Å². The topological polar surface area (TPSA) is 73.6 Å². The second-order valence-corrected chi connectivity index (χ2v) is 5.67. The van der Waals surface area contributed by atoms with Crippen LogP contribution in [0.15, 0.2) is 48.5 Å². The maximum atomic E-state index is 11.9. The number of benzene rings is 2. The Bertz CT molecular complexity index is 679. The number of hydrogen-bond acceptors (Lipinski definition) is 4. The molecule has 0 aliphatic heterocycles. The largest absolute Gasteiger partial charge is 0.487 e. The molecule has 0 aliphatic carbocycles. The van der Waals surface area contributed by atoms with Gasteiger partial charge in [0.15, 0.2) is 0 Å². The first kappa shape index (κ1) is 18.3. The fourth-order valence-corrected chi connectivity index (χ4v) is 2.35. The Morgan fingerprint density at radius 2 is 1.83 bits per heavy atom. The molecule has 1 amide bonds. The van der Waals surface area contributed by atoms with E-state index in [0.29, 0.717) is 23.9 Å². The SMILES string of the molecule is COCC(N)C(=O)NCc1ccccc1COc1ccccc1Cl. The van der Waals surface area contributed by atoms with E-state index in [4.69, 9.17) is 26.8 Å². The Morgan fingerprint density at radius 1 is 1.17 bits per heavy atom. The molecule has 24 heavy (non-hydrogen) atoms. The van der Waals surface area contributed by atoms with E-state index in [1.54, 1.807) is 6.07 Å². The number of carbonyl (C=O) groups is 1. The van der Waals surface area contributed by atoms with Crippen LogP contribution in [0.2, 0.25) is 5.02 Å². The van der Waals surface area contributed by atoms with E-state index in [0.717, 1.165) is 11.1 Å². The molecule has 0 aromatic heterocycles. The zero-order valence-electron chi connectivity index (χ0n) is 13.5. The molecule has 0 saturated carbocycles. The summed E-state index contributed by atoms with van der Waals surface area (Å²) in [6.07, 6.45) is 0. The van der Waals surface area contributed by atoms with Crippen LogP contribution in [0.25, 0.3) is 0 Å². The average molecular weight is 349 g/mol. The maximum absolute atomic E-state index is 11.9. The number of carbonyl (C=O) groups excluding carboxylic acids is 1. The predicted molar refractivity (Wildman–Crippen MR) is 93.9 cm³/mol. The van der Waals surface area contributed by atoms with Crippen LogP contribution >= 0.6 is 11.6 Å². The van der Waals surface area contributed by atoms with Crippen molar-refractivity contribution in [2.45, 2.75) is 19.2 Å². The van der Waals surface area contributed by atoms with Crippen LogP contribution in [0.4, 0.5) is 0 Å². The van der Waals surface area contributed by atoms with Crippen molar-refractivity contribution in [2.75, 3.05) is 13.7 Å². The number of para-hydroxylation sites is 1. The molecule has 1 atom stereocenters. The molecule has 2 rings (SSSR count). The van der Waals surface area contributed by atoms with E-state index in [2.05, 4.69) is 5.32 Å². The first-order valence-corrected chi connectivity index (χ1v) is 7.96. The Kier molecular flexibility index (Phi) is 7.06. The molecule has 3 N–H and O–H groups in total. The number of ether oxygens (including phenoxy) is 2. The molecule has 0 radical (unpaired) electrons. The van der Waals surface area contributed by atoms with Gasteiger partial charge in [0.1, 0.15) is 18.4 Å². The predicted octanol–water partition coefficient (Wildman–Crippen LogP) is 2.51. The molecule has 0 aliphatic rings. The molecule has 128 valence electrons. The summed E-state index contributed by atoms with van der Waals surface area (Å²) >= 11 is 6.09. The lowest BCUT2D eigenvalue weighted by Crippen LogP contribution is -2.43. The van der Waals surface area contributed by atoms with Gasteiger partial charge in [0.2, 0.25) is 5.91 Å². The van der Waals surface area contributed by atoms with Crippen LogP contribution in [0.1, 0.15) is 11.1 Å². The number of nitrogens with two attached hydrogens (primary N) is 1. The average Bonchev–Trinajstić information content (AvgIpc) is 2.60. The molecule has 2 aromatic carbocycles. The number of amides is 1. The van der Waals surface area contributed by atoms with Crippen molar-refractivity contribution in [3.05, 3.63) is 64.7 Å². The van der Waals surface area contributed by atoms with E-state index < -0.39 is 6.04 Å². The molecule has 1 unspecified atom stereocenters. The third-order valence-electron chi connectivity index (χ3n) is 3.47. The van der Waals surface area contributed by atoms with Crippen LogP contribution in [0, 0.1) is 0 Å². The van der Waals surface area contributed by atoms with Crippen molar-refractivity contribution in [3.8, 4) is 5.75 Å². The molecule has 0 bridgehead atoms. The summed E-state index contributed by atoms with van der Waals surface area (Å²) in [5, 5.41) is 3.37. The Balaban J connectivity index is 1.97. The highest BCUT2D eigenvalue weighted by Gasteiger charge is 2.13. The van der Waals surface area contributed by atoms with Crippen molar-refractivity contribution in [3.63, 3.8) is 0 Å². The molecule has 0 saturated heterocycles. The van der Waals surface area contributed by atoms with Crippen molar-refractivity contribution in [1.82, 2.24) is 5.32 Å². The number of hydrogen-bond donors (Lipinski definition) is 2. The number of halogens is 1. The van der Waals surface area contributed by atoms with Gasteiger partial charge in [-0.15, -0.1) is 0 Å². The van der Waals surface area contributed by atoms with Gasteiger partial charge in [-0.05, 0) is 23.3 Å². The number of nitrogens with one attached hydrogen (secondary N) is 1. The molecule has 0 heterocycles. The van der Waals surface area contributed by atoms with Gasteiger partial charge in [-0.1, -0.05) is 48.0 Å². The lowest BCUT2D eigenvalue weighted by atomic mass is 10.1. The van der Waals surface area contributed by atoms with Gasteiger partial charge in [-0.25, -0.2) is 0 Å². The third-order valence-corrected chi connectivity index (χ3v) is 3.79. The van der Waals surface area contributed by atoms with Gasteiger partial charge < -0.3 is 20.5 Å². The van der Waals surface area contributed by atoms with E-state index >= 15 is 0 Å². The number of rotatable bonds is 8. The first-order chi connectivity index (χ1) is 11.6. The van der Waals surface area contributed by atoms with Gasteiger partial charge in [-0.3, -0.25) is 4.79 Å². The monoisotopic (exact) mass is 348 g/mol. The summed E-state index contributed by atoms with van der Waals surface area (Å²) in [4.78, 5) is 11.9. The lowest BCUT2D eigenvalue weighted by Gasteiger charge is -2.14. The van der Waals surface area contributed by atoms with E-state index in [1.165, 1.54) is 7.11 Å². The summed E-state index contributed by atoms with van der Waals surface area (Å²) in [7, 11) is 1.51. The van der Waals surface area contributed by atoms with Crippen LogP contribution in [0.5, 0.6) is 5.75 Å². The molecule has 0 fully saturated rings. The standard InChI is InChI=1S/C18H21ClN2O3/c1-23-12-16(20)18(22)21-10-13-6-2-3-7-14(13)11-24-17-9-5-4-8-15(17)19/h2-9,16H,10-12,20H2,1H3,(H,21,22). The van der Waals surface area contributed by atoms with Crippen LogP contribution in [-0.4, -0.2) is 25.7 Å². The Morgan fingerprint density at radius 3 is 2.54 bits per heavy atom. The minimum Gasteiger partial charge on any atom is -0.487 e. The summed E-state index contributed by atoms with van der Waals surface area (Å²) in [5.41, 5.74) is 7.64. The maximum Gasteiger partial charge on any atom is 0.239 e. The highest BCUT2D eigenvalue weighted by molar-refractivity contribution is 6.32. The van der Waals surface area contributed by atoms with Crippen LogP contribution in [-0.2, 0) is 22.7 Å². The quantitative estimate of drug-likeness (QED) is 0.768. The summed E-state index contributed by atoms with van der Waals surface area (Å²) < 4.78 is 10.6. The van der Waals surface area contributed by atoms with Gasteiger partial charge in [0, 0.05) is 13.7 Å².